The highest BCUT2D eigenvalue weighted by Crippen LogP contribution is 2.27. The van der Waals surface area contributed by atoms with Crippen molar-refractivity contribution in [1.29, 1.82) is 0 Å². The first kappa shape index (κ1) is 16.0. The highest BCUT2D eigenvalue weighted by Gasteiger charge is 2.21. The molecule has 0 saturated carbocycles. The summed E-state index contributed by atoms with van der Waals surface area (Å²) >= 11 is 6.93. The lowest BCUT2D eigenvalue weighted by atomic mass is 9.99. The van der Waals surface area contributed by atoms with Crippen molar-refractivity contribution in [1.82, 2.24) is 0 Å². The van der Waals surface area contributed by atoms with Crippen molar-refractivity contribution < 1.29 is 9.53 Å². The summed E-state index contributed by atoms with van der Waals surface area (Å²) in [5, 5.41) is 3.29. The summed E-state index contributed by atoms with van der Waals surface area (Å²) in [7, 11) is 1.41. The van der Waals surface area contributed by atoms with E-state index in [1.807, 2.05) is 48.5 Å². The SMILES string of the molecule is COC(=O)C(CNc1cc(Br)ccc1Br)c1ccccc1. The summed E-state index contributed by atoms with van der Waals surface area (Å²) < 4.78 is 6.83. The Morgan fingerprint density at radius 3 is 2.57 bits per heavy atom. The maximum atomic E-state index is 12.0. The molecule has 1 atom stereocenters. The van der Waals surface area contributed by atoms with Gasteiger partial charge >= 0.3 is 5.97 Å². The average Bonchev–Trinajstić information content (AvgIpc) is 2.51. The third-order valence-corrected chi connectivity index (χ3v) is 4.30. The average molecular weight is 413 g/mol. The van der Waals surface area contributed by atoms with Crippen molar-refractivity contribution in [2.75, 3.05) is 19.0 Å². The first-order valence-corrected chi connectivity index (χ1v) is 8.02. The molecule has 110 valence electrons. The van der Waals surface area contributed by atoms with Crippen LogP contribution in [0.25, 0.3) is 0 Å². The first-order chi connectivity index (χ1) is 10.1. The van der Waals surface area contributed by atoms with Crippen LogP contribution >= 0.6 is 31.9 Å². The number of esters is 1. The lowest BCUT2D eigenvalue weighted by Gasteiger charge is -2.17. The Morgan fingerprint density at radius 1 is 1.19 bits per heavy atom. The van der Waals surface area contributed by atoms with Crippen LogP contribution < -0.4 is 5.32 Å². The summed E-state index contributed by atoms with van der Waals surface area (Å²) in [6, 6.07) is 15.5. The smallest absolute Gasteiger partial charge is 0.314 e. The van der Waals surface area contributed by atoms with Crippen LogP contribution in [0.2, 0.25) is 0 Å². The molecule has 1 N–H and O–H groups in total. The van der Waals surface area contributed by atoms with Crippen LogP contribution in [0.1, 0.15) is 11.5 Å². The number of rotatable bonds is 5. The first-order valence-electron chi connectivity index (χ1n) is 6.43. The van der Waals surface area contributed by atoms with Crippen molar-refractivity contribution in [2.24, 2.45) is 0 Å². The monoisotopic (exact) mass is 411 g/mol. The summed E-state index contributed by atoms with van der Waals surface area (Å²) in [5.74, 6) is -0.595. The molecule has 2 aromatic carbocycles. The fourth-order valence-electron chi connectivity index (χ4n) is 2.01. The van der Waals surface area contributed by atoms with E-state index in [2.05, 4.69) is 37.2 Å². The number of ether oxygens (including phenoxy) is 1. The lowest BCUT2D eigenvalue weighted by Crippen LogP contribution is -2.22. The summed E-state index contributed by atoms with van der Waals surface area (Å²) in [4.78, 5) is 12.0. The zero-order valence-electron chi connectivity index (χ0n) is 11.5. The number of carbonyl (C=O) groups is 1. The van der Waals surface area contributed by atoms with E-state index >= 15 is 0 Å². The Bertz CT molecular complexity index is 617. The van der Waals surface area contributed by atoms with Crippen LogP contribution in [0.4, 0.5) is 5.69 Å². The Labute approximate surface area is 141 Å². The number of carbonyl (C=O) groups excluding carboxylic acids is 1. The van der Waals surface area contributed by atoms with E-state index in [9.17, 15) is 4.79 Å². The van der Waals surface area contributed by atoms with E-state index in [0.29, 0.717) is 6.54 Å². The molecule has 0 aliphatic heterocycles. The lowest BCUT2D eigenvalue weighted by molar-refractivity contribution is -0.142. The van der Waals surface area contributed by atoms with Crippen molar-refractivity contribution in [3.63, 3.8) is 0 Å². The molecular weight excluding hydrogens is 398 g/mol. The summed E-state index contributed by atoms with van der Waals surface area (Å²) in [6.45, 7) is 0.464. The van der Waals surface area contributed by atoms with Crippen LogP contribution in [0, 0.1) is 0 Å². The van der Waals surface area contributed by atoms with Gasteiger partial charge in [0.2, 0.25) is 0 Å². The van der Waals surface area contributed by atoms with Crippen molar-refractivity contribution in [3.8, 4) is 0 Å². The van der Waals surface area contributed by atoms with Crippen molar-refractivity contribution in [2.45, 2.75) is 5.92 Å². The number of methoxy groups -OCH3 is 1. The molecular formula is C16H15Br2NO2. The summed E-state index contributed by atoms with van der Waals surface area (Å²) in [6.07, 6.45) is 0. The molecule has 0 aliphatic carbocycles. The van der Waals surface area contributed by atoms with Crippen molar-refractivity contribution in [3.05, 3.63) is 63.0 Å². The predicted octanol–water partition coefficient (Wildman–Crippen LogP) is 4.58. The van der Waals surface area contributed by atoms with Gasteiger partial charge in [0.15, 0.2) is 0 Å². The van der Waals surface area contributed by atoms with E-state index in [1.165, 1.54) is 7.11 Å². The third-order valence-electron chi connectivity index (χ3n) is 3.11. The van der Waals surface area contributed by atoms with Gasteiger partial charge in [-0.2, -0.15) is 0 Å². The third kappa shape index (κ3) is 4.32. The van der Waals surface area contributed by atoms with Gasteiger partial charge in [-0.25, -0.2) is 0 Å². The molecule has 0 saturated heterocycles. The van der Waals surface area contributed by atoms with Gasteiger partial charge in [0.05, 0.1) is 13.0 Å². The van der Waals surface area contributed by atoms with Gasteiger partial charge in [-0.15, -0.1) is 0 Å². The second-order valence-electron chi connectivity index (χ2n) is 4.49. The fourth-order valence-corrected chi connectivity index (χ4v) is 2.76. The van der Waals surface area contributed by atoms with Gasteiger partial charge in [0, 0.05) is 21.2 Å². The Balaban J connectivity index is 2.16. The zero-order valence-corrected chi connectivity index (χ0v) is 14.6. The maximum Gasteiger partial charge on any atom is 0.314 e. The largest absolute Gasteiger partial charge is 0.468 e. The second-order valence-corrected chi connectivity index (χ2v) is 6.26. The molecule has 3 nitrogen and oxygen atoms in total. The standard InChI is InChI=1S/C16H15Br2NO2/c1-21-16(20)13(11-5-3-2-4-6-11)10-19-15-9-12(17)7-8-14(15)18/h2-9,13,19H,10H2,1H3. The molecule has 1 unspecified atom stereocenters. The molecule has 0 amide bonds. The van der Waals surface area contributed by atoms with Crippen LogP contribution in [-0.4, -0.2) is 19.6 Å². The molecule has 0 aromatic heterocycles. The number of benzene rings is 2. The minimum Gasteiger partial charge on any atom is -0.468 e. The quantitative estimate of drug-likeness (QED) is 0.730. The van der Waals surface area contributed by atoms with Crippen LogP contribution in [0.15, 0.2) is 57.5 Å². The summed E-state index contributed by atoms with van der Waals surface area (Å²) in [5.41, 5.74) is 1.86. The number of hydrogen-bond donors (Lipinski definition) is 1. The molecule has 0 spiro atoms. The van der Waals surface area contributed by atoms with Gasteiger partial charge in [-0.1, -0.05) is 46.3 Å². The van der Waals surface area contributed by atoms with Gasteiger partial charge in [0.1, 0.15) is 0 Å². The van der Waals surface area contributed by atoms with Crippen LogP contribution in [0.5, 0.6) is 0 Å². The normalized spacial score (nSPS) is 11.8. The molecule has 21 heavy (non-hydrogen) atoms. The van der Waals surface area contributed by atoms with E-state index in [4.69, 9.17) is 4.74 Å². The molecule has 0 radical (unpaired) electrons. The van der Waals surface area contributed by atoms with E-state index in [-0.39, 0.29) is 11.9 Å². The second kappa shape index (κ2) is 7.61. The van der Waals surface area contributed by atoms with Gasteiger partial charge < -0.3 is 10.1 Å². The predicted molar refractivity (Wildman–Crippen MR) is 91.5 cm³/mol. The van der Waals surface area contributed by atoms with Crippen LogP contribution in [0.3, 0.4) is 0 Å². The highest BCUT2D eigenvalue weighted by molar-refractivity contribution is 9.11. The minimum absolute atomic E-state index is 0.250. The molecule has 2 aromatic rings. The van der Waals surface area contributed by atoms with Crippen molar-refractivity contribution >= 4 is 43.5 Å². The molecule has 0 fully saturated rings. The van der Waals surface area contributed by atoms with Gasteiger partial charge in [0.25, 0.3) is 0 Å². The van der Waals surface area contributed by atoms with Crippen LogP contribution in [-0.2, 0) is 9.53 Å². The fraction of sp³-hybridized carbons (Fsp3) is 0.188. The zero-order chi connectivity index (χ0) is 15.2. The maximum absolute atomic E-state index is 12.0. The molecule has 5 heteroatoms. The van der Waals surface area contributed by atoms with Gasteiger partial charge in [-0.05, 0) is 39.7 Å². The molecule has 0 bridgehead atoms. The highest BCUT2D eigenvalue weighted by atomic mass is 79.9. The van der Waals surface area contributed by atoms with E-state index in [0.717, 1.165) is 20.2 Å². The Kier molecular flexibility index (Phi) is 5.82. The number of anilines is 1. The molecule has 0 aliphatic rings. The van der Waals surface area contributed by atoms with E-state index in [1.54, 1.807) is 0 Å². The number of hydrogen-bond acceptors (Lipinski definition) is 3. The van der Waals surface area contributed by atoms with Gasteiger partial charge in [-0.3, -0.25) is 4.79 Å². The minimum atomic E-state index is -0.345. The Hall–Kier alpha value is -1.33. The number of nitrogens with one attached hydrogen (secondary N) is 1. The Morgan fingerprint density at radius 2 is 1.90 bits per heavy atom. The van der Waals surface area contributed by atoms with E-state index < -0.39 is 0 Å². The molecule has 2 rings (SSSR count). The number of halogens is 2. The molecule has 0 heterocycles. The topological polar surface area (TPSA) is 38.3 Å².